The second kappa shape index (κ2) is 4.50. The van der Waals surface area contributed by atoms with Crippen LogP contribution < -0.4 is 5.73 Å². The normalized spacial score (nSPS) is 40.9. The van der Waals surface area contributed by atoms with Crippen molar-refractivity contribution in [2.24, 2.45) is 5.73 Å². The summed E-state index contributed by atoms with van der Waals surface area (Å²) in [5.74, 6) is 0. The van der Waals surface area contributed by atoms with E-state index in [0.29, 0.717) is 6.10 Å². The number of ether oxygens (including phenoxy) is 1. The molecule has 1 saturated carbocycles. The van der Waals surface area contributed by atoms with Crippen molar-refractivity contribution in [1.82, 2.24) is 9.80 Å². The van der Waals surface area contributed by atoms with E-state index in [4.69, 9.17) is 10.5 Å². The SMILES string of the molecule is CC1OCCC1(CN)N1CCN(C2CC2)CC1. The molecule has 2 heterocycles. The Morgan fingerprint density at radius 3 is 2.41 bits per heavy atom. The molecule has 0 aromatic heterocycles. The fourth-order valence-corrected chi connectivity index (χ4v) is 3.56. The van der Waals surface area contributed by atoms with Crippen LogP contribution >= 0.6 is 0 Å². The summed E-state index contributed by atoms with van der Waals surface area (Å²) in [5, 5.41) is 0. The van der Waals surface area contributed by atoms with Gasteiger partial charge in [-0.25, -0.2) is 0 Å². The first-order chi connectivity index (χ1) is 8.26. The molecular formula is C13H25N3O. The van der Waals surface area contributed by atoms with Crippen LogP contribution in [0, 0.1) is 0 Å². The van der Waals surface area contributed by atoms with E-state index in [-0.39, 0.29) is 5.54 Å². The van der Waals surface area contributed by atoms with Crippen LogP contribution in [0.25, 0.3) is 0 Å². The molecule has 3 fully saturated rings. The van der Waals surface area contributed by atoms with E-state index in [1.54, 1.807) is 0 Å². The molecule has 2 aliphatic heterocycles. The van der Waals surface area contributed by atoms with Crippen LogP contribution in [0.3, 0.4) is 0 Å². The molecule has 0 aromatic carbocycles. The van der Waals surface area contributed by atoms with Gasteiger partial charge in [0.1, 0.15) is 0 Å². The van der Waals surface area contributed by atoms with Gasteiger partial charge in [0.2, 0.25) is 0 Å². The summed E-state index contributed by atoms with van der Waals surface area (Å²) in [6, 6.07) is 0.906. The highest BCUT2D eigenvalue weighted by molar-refractivity contribution is 5.02. The highest BCUT2D eigenvalue weighted by Gasteiger charge is 2.46. The maximum absolute atomic E-state index is 6.06. The summed E-state index contributed by atoms with van der Waals surface area (Å²) in [7, 11) is 0. The summed E-state index contributed by atoms with van der Waals surface area (Å²) < 4.78 is 5.76. The van der Waals surface area contributed by atoms with E-state index in [2.05, 4.69) is 16.7 Å². The van der Waals surface area contributed by atoms with Crippen molar-refractivity contribution in [3.8, 4) is 0 Å². The van der Waals surface area contributed by atoms with Crippen molar-refractivity contribution >= 4 is 0 Å². The van der Waals surface area contributed by atoms with Crippen LogP contribution in [0.5, 0.6) is 0 Å². The molecule has 17 heavy (non-hydrogen) atoms. The number of nitrogens with two attached hydrogens (primary N) is 1. The molecule has 0 aromatic rings. The van der Waals surface area contributed by atoms with Crippen LogP contribution in [-0.4, -0.2) is 66.8 Å². The van der Waals surface area contributed by atoms with Gasteiger partial charge in [-0.1, -0.05) is 0 Å². The lowest BCUT2D eigenvalue weighted by molar-refractivity contribution is -0.0130. The standard InChI is InChI=1S/C13H25N3O/c1-11-13(10-14,4-9-17-11)16-7-5-15(6-8-16)12-2-3-12/h11-12H,2-10,14H2,1H3. The Morgan fingerprint density at radius 2 is 1.94 bits per heavy atom. The summed E-state index contributed by atoms with van der Waals surface area (Å²) in [6.45, 7) is 8.58. The molecule has 2 unspecified atom stereocenters. The van der Waals surface area contributed by atoms with E-state index in [9.17, 15) is 0 Å². The second-order valence-electron chi connectivity index (χ2n) is 5.82. The third-order valence-corrected chi connectivity index (χ3v) is 5.02. The molecule has 2 saturated heterocycles. The van der Waals surface area contributed by atoms with Crippen LogP contribution in [0.4, 0.5) is 0 Å². The summed E-state index contributed by atoms with van der Waals surface area (Å²) in [5.41, 5.74) is 6.18. The van der Waals surface area contributed by atoms with E-state index in [0.717, 1.165) is 25.6 Å². The molecular weight excluding hydrogens is 214 g/mol. The molecule has 4 nitrogen and oxygen atoms in total. The van der Waals surface area contributed by atoms with Crippen molar-refractivity contribution in [3.05, 3.63) is 0 Å². The first-order valence-corrected chi connectivity index (χ1v) is 7.07. The predicted octanol–water partition coefficient (Wildman–Crippen LogP) is 0.273. The highest BCUT2D eigenvalue weighted by Crippen LogP contribution is 2.34. The Hall–Kier alpha value is -0.160. The first kappa shape index (κ1) is 11.9. The van der Waals surface area contributed by atoms with E-state index < -0.39 is 0 Å². The zero-order valence-electron chi connectivity index (χ0n) is 10.9. The van der Waals surface area contributed by atoms with Gasteiger partial charge in [-0.3, -0.25) is 9.80 Å². The van der Waals surface area contributed by atoms with Crippen LogP contribution in [-0.2, 0) is 4.74 Å². The highest BCUT2D eigenvalue weighted by atomic mass is 16.5. The van der Waals surface area contributed by atoms with Crippen molar-refractivity contribution < 1.29 is 4.74 Å². The van der Waals surface area contributed by atoms with Crippen LogP contribution in [0.15, 0.2) is 0 Å². The van der Waals surface area contributed by atoms with E-state index in [1.807, 2.05) is 0 Å². The fourth-order valence-electron chi connectivity index (χ4n) is 3.56. The van der Waals surface area contributed by atoms with Gasteiger partial charge < -0.3 is 10.5 Å². The van der Waals surface area contributed by atoms with Gasteiger partial charge in [-0.2, -0.15) is 0 Å². The molecule has 0 radical (unpaired) electrons. The Bertz CT molecular complexity index is 274. The van der Waals surface area contributed by atoms with Crippen molar-refractivity contribution in [3.63, 3.8) is 0 Å². The minimum absolute atomic E-state index is 0.121. The third kappa shape index (κ3) is 2.01. The van der Waals surface area contributed by atoms with Gasteiger partial charge in [0.25, 0.3) is 0 Å². The summed E-state index contributed by atoms with van der Waals surface area (Å²) in [4.78, 5) is 5.25. The lowest BCUT2D eigenvalue weighted by Gasteiger charge is -2.47. The zero-order valence-corrected chi connectivity index (χ0v) is 10.9. The lowest BCUT2D eigenvalue weighted by Crippen LogP contribution is -2.63. The molecule has 2 atom stereocenters. The van der Waals surface area contributed by atoms with Gasteiger partial charge >= 0.3 is 0 Å². The predicted molar refractivity (Wildman–Crippen MR) is 68.0 cm³/mol. The van der Waals surface area contributed by atoms with Gasteiger partial charge in [0.15, 0.2) is 0 Å². The smallest absolute Gasteiger partial charge is 0.0743 e. The third-order valence-electron chi connectivity index (χ3n) is 5.02. The first-order valence-electron chi connectivity index (χ1n) is 7.07. The zero-order chi connectivity index (χ0) is 11.9. The average molecular weight is 239 g/mol. The molecule has 0 amide bonds. The number of hydrogen-bond acceptors (Lipinski definition) is 4. The summed E-state index contributed by atoms with van der Waals surface area (Å²) >= 11 is 0. The van der Waals surface area contributed by atoms with Gasteiger partial charge in [0, 0.05) is 45.4 Å². The van der Waals surface area contributed by atoms with Crippen LogP contribution in [0.1, 0.15) is 26.2 Å². The molecule has 1 aliphatic carbocycles. The van der Waals surface area contributed by atoms with E-state index in [1.165, 1.54) is 39.0 Å². The molecule has 4 heteroatoms. The fraction of sp³-hybridized carbons (Fsp3) is 1.00. The molecule has 0 spiro atoms. The Morgan fingerprint density at radius 1 is 1.24 bits per heavy atom. The maximum Gasteiger partial charge on any atom is 0.0743 e. The molecule has 0 bridgehead atoms. The number of piperazine rings is 1. The van der Waals surface area contributed by atoms with Crippen molar-refractivity contribution in [1.29, 1.82) is 0 Å². The number of hydrogen-bond donors (Lipinski definition) is 1. The molecule has 3 rings (SSSR count). The molecule has 98 valence electrons. The van der Waals surface area contributed by atoms with Gasteiger partial charge in [-0.05, 0) is 26.2 Å². The number of rotatable bonds is 3. The van der Waals surface area contributed by atoms with Crippen molar-refractivity contribution in [2.45, 2.75) is 43.9 Å². The maximum atomic E-state index is 6.06. The Labute approximate surface area is 104 Å². The average Bonchev–Trinajstić information content (AvgIpc) is 3.14. The molecule has 2 N–H and O–H groups in total. The lowest BCUT2D eigenvalue weighted by atomic mass is 9.89. The molecule has 3 aliphatic rings. The quantitative estimate of drug-likeness (QED) is 0.768. The van der Waals surface area contributed by atoms with Crippen molar-refractivity contribution in [2.75, 3.05) is 39.3 Å². The largest absolute Gasteiger partial charge is 0.376 e. The number of nitrogens with zero attached hydrogens (tertiary/aromatic N) is 2. The Kier molecular flexibility index (Phi) is 3.15. The van der Waals surface area contributed by atoms with Crippen LogP contribution in [0.2, 0.25) is 0 Å². The topological polar surface area (TPSA) is 41.7 Å². The summed E-state index contributed by atoms with van der Waals surface area (Å²) in [6.07, 6.45) is 4.23. The monoisotopic (exact) mass is 239 g/mol. The van der Waals surface area contributed by atoms with Gasteiger partial charge in [0.05, 0.1) is 11.6 Å². The minimum atomic E-state index is 0.121. The van der Waals surface area contributed by atoms with Gasteiger partial charge in [-0.15, -0.1) is 0 Å². The minimum Gasteiger partial charge on any atom is -0.376 e. The van der Waals surface area contributed by atoms with E-state index >= 15 is 0 Å². The second-order valence-corrected chi connectivity index (χ2v) is 5.82. The Balaban J connectivity index is 1.63.